The first-order valence-corrected chi connectivity index (χ1v) is 4.13. The number of hydrogen-bond donors (Lipinski definition) is 0. The molecule has 4 heteroatoms. The molecule has 0 bridgehead atoms. The van der Waals surface area contributed by atoms with E-state index in [1.54, 1.807) is 6.20 Å². The van der Waals surface area contributed by atoms with Gasteiger partial charge < -0.3 is 4.74 Å². The van der Waals surface area contributed by atoms with Gasteiger partial charge in [0.2, 0.25) is 11.2 Å². The molecule has 0 unspecified atom stereocenters. The van der Waals surface area contributed by atoms with E-state index in [-0.39, 0.29) is 11.4 Å². The van der Waals surface area contributed by atoms with Gasteiger partial charge in [0.05, 0.1) is 6.10 Å². The Morgan fingerprint density at radius 1 is 1.50 bits per heavy atom. The molecule has 0 aliphatic carbocycles. The highest BCUT2D eigenvalue weighted by atomic mass is 35.5. The molecule has 0 amide bonds. The summed E-state index contributed by atoms with van der Waals surface area (Å²) < 4.78 is 5.39. The van der Waals surface area contributed by atoms with E-state index in [9.17, 15) is 0 Å². The van der Waals surface area contributed by atoms with Gasteiger partial charge in [-0.2, -0.15) is 4.98 Å². The highest BCUT2D eigenvalue weighted by Crippen LogP contribution is 2.16. The fourth-order valence-electron chi connectivity index (χ4n) is 0.749. The van der Waals surface area contributed by atoms with Gasteiger partial charge in [0.25, 0.3) is 0 Å². The molecular weight excluding hydrogens is 176 g/mol. The standard InChI is InChI=1S/C8H11ClN2O/c1-5(2)12-7-6(3)4-10-8(9)11-7/h4-5H,1-3H3. The van der Waals surface area contributed by atoms with Crippen LogP contribution in [0.1, 0.15) is 19.4 Å². The Kier molecular flexibility index (Phi) is 2.87. The normalized spacial score (nSPS) is 10.4. The predicted molar refractivity (Wildman–Crippen MR) is 47.5 cm³/mol. The summed E-state index contributed by atoms with van der Waals surface area (Å²) in [7, 11) is 0. The second-order valence-electron chi connectivity index (χ2n) is 2.79. The van der Waals surface area contributed by atoms with Crippen LogP contribution in [0.15, 0.2) is 6.20 Å². The van der Waals surface area contributed by atoms with Gasteiger partial charge in [-0.25, -0.2) is 4.98 Å². The summed E-state index contributed by atoms with van der Waals surface area (Å²) in [6.45, 7) is 5.76. The van der Waals surface area contributed by atoms with Crippen molar-refractivity contribution in [2.24, 2.45) is 0 Å². The van der Waals surface area contributed by atoms with Crippen molar-refractivity contribution in [3.63, 3.8) is 0 Å². The maximum absolute atomic E-state index is 5.60. The van der Waals surface area contributed by atoms with E-state index in [0.29, 0.717) is 5.88 Å². The summed E-state index contributed by atoms with van der Waals surface area (Å²) in [6, 6.07) is 0. The zero-order valence-corrected chi connectivity index (χ0v) is 8.09. The Hall–Kier alpha value is -0.830. The Bertz CT molecular complexity index is 276. The van der Waals surface area contributed by atoms with Crippen molar-refractivity contribution in [1.82, 2.24) is 9.97 Å². The van der Waals surface area contributed by atoms with Crippen LogP contribution in [0.3, 0.4) is 0 Å². The van der Waals surface area contributed by atoms with Gasteiger partial charge >= 0.3 is 0 Å². The molecule has 0 aromatic carbocycles. The molecule has 3 nitrogen and oxygen atoms in total. The van der Waals surface area contributed by atoms with Gasteiger partial charge in [-0.3, -0.25) is 0 Å². The number of rotatable bonds is 2. The van der Waals surface area contributed by atoms with E-state index >= 15 is 0 Å². The number of aromatic nitrogens is 2. The Morgan fingerprint density at radius 2 is 2.17 bits per heavy atom. The molecule has 1 aromatic rings. The lowest BCUT2D eigenvalue weighted by Gasteiger charge is -2.09. The minimum absolute atomic E-state index is 0.106. The molecule has 0 spiro atoms. The molecule has 0 aliphatic rings. The quantitative estimate of drug-likeness (QED) is 0.665. The maximum Gasteiger partial charge on any atom is 0.225 e. The van der Waals surface area contributed by atoms with Crippen molar-refractivity contribution in [2.75, 3.05) is 0 Å². The molecule has 12 heavy (non-hydrogen) atoms. The molecule has 0 saturated heterocycles. The van der Waals surface area contributed by atoms with Crippen LogP contribution in [0.5, 0.6) is 5.88 Å². The molecule has 0 N–H and O–H groups in total. The molecule has 1 rings (SSSR count). The van der Waals surface area contributed by atoms with Crippen molar-refractivity contribution < 1.29 is 4.74 Å². The summed E-state index contributed by atoms with van der Waals surface area (Å²) >= 11 is 5.60. The van der Waals surface area contributed by atoms with Crippen LogP contribution in [0, 0.1) is 6.92 Å². The van der Waals surface area contributed by atoms with Crippen LogP contribution in [-0.2, 0) is 0 Å². The predicted octanol–water partition coefficient (Wildman–Crippen LogP) is 2.23. The molecular formula is C8H11ClN2O. The topological polar surface area (TPSA) is 35.0 Å². The second kappa shape index (κ2) is 3.72. The van der Waals surface area contributed by atoms with Gasteiger partial charge in [-0.15, -0.1) is 0 Å². The molecule has 0 atom stereocenters. The number of halogens is 1. The first-order valence-electron chi connectivity index (χ1n) is 3.75. The summed E-state index contributed by atoms with van der Waals surface area (Å²) in [5, 5.41) is 0.219. The van der Waals surface area contributed by atoms with Gasteiger partial charge in [0.15, 0.2) is 0 Å². The van der Waals surface area contributed by atoms with Crippen LogP contribution in [0.25, 0.3) is 0 Å². The first kappa shape index (κ1) is 9.26. The van der Waals surface area contributed by atoms with E-state index in [0.717, 1.165) is 5.56 Å². The largest absolute Gasteiger partial charge is 0.475 e. The Labute approximate surface area is 76.7 Å². The third-order valence-electron chi connectivity index (χ3n) is 1.24. The first-order chi connectivity index (χ1) is 5.59. The maximum atomic E-state index is 5.60. The van der Waals surface area contributed by atoms with E-state index < -0.39 is 0 Å². The van der Waals surface area contributed by atoms with Crippen LogP contribution in [-0.4, -0.2) is 16.1 Å². The monoisotopic (exact) mass is 186 g/mol. The fraction of sp³-hybridized carbons (Fsp3) is 0.500. The molecule has 1 heterocycles. The summed E-state index contributed by atoms with van der Waals surface area (Å²) in [5.41, 5.74) is 0.896. The molecule has 0 aliphatic heterocycles. The number of aryl methyl sites for hydroxylation is 1. The lowest BCUT2D eigenvalue weighted by atomic mass is 10.4. The molecule has 0 fully saturated rings. The van der Waals surface area contributed by atoms with Crippen LogP contribution in [0.2, 0.25) is 5.28 Å². The minimum atomic E-state index is 0.106. The lowest BCUT2D eigenvalue weighted by Crippen LogP contribution is -2.08. The zero-order chi connectivity index (χ0) is 9.14. The average Bonchev–Trinajstić information content (AvgIpc) is 1.96. The van der Waals surface area contributed by atoms with Crippen molar-refractivity contribution in [3.05, 3.63) is 17.0 Å². The van der Waals surface area contributed by atoms with Crippen LogP contribution in [0.4, 0.5) is 0 Å². The number of nitrogens with zero attached hydrogens (tertiary/aromatic N) is 2. The Balaban J connectivity index is 2.90. The van der Waals surface area contributed by atoms with E-state index in [2.05, 4.69) is 9.97 Å². The third-order valence-corrected chi connectivity index (χ3v) is 1.43. The van der Waals surface area contributed by atoms with Crippen LogP contribution < -0.4 is 4.74 Å². The van der Waals surface area contributed by atoms with Crippen molar-refractivity contribution in [3.8, 4) is 5.88 Å². The SMILES string of the molecule is Cc1cnc(Cl)nc1OC(C)C. The van der Waals surface area contributed by atoms with Crippen molar-refractivity contribution >= 4 is 11.6 Å². The zero-order valence-electron chi connectivity index (χ0n) is 7.34. The molecule has 0 saturated carbocycles. The number of ether oxygens (including phenoxy) is 1. The van der Waals surface area contributed by atoms with Gasteiger partial charge in [-0.05, 0) is 32.4 Å². The summed E-state index contributed by atoms with van der Waals surface area (Å²) in [6.07, 6.45) is 1.75. The molecule has 66 valence electrons. The van der Waals surface area contributed by atoms with Gasteiger partial charge in [0, 0.05) is 11.8 Å². The van der Waals surface area contributed by atoms with Gasteiger partial charge in [0.1, 0.15) is 0 Å². The smallest absolute Gasteiger partial charge is 0.225 e. The van der Waals surface area contributed by atoms with Gasteiger partial charge in [-0.1, -0.05) is 0 Å². The summed E-state index contributed by atoms with van der Waals surface area (Å²) in [4.78, 5) is 7.77. The van der Waals surface area contributed by atoms with Crippen LogP contribution >= 0.6 is 11.6 Å². The highest BCUT2D eigenvalue weighted by Gasteiger charge is 2.04. The molecule has 0 radical (unpaired) electrons. The highest BCUT2D eigenvalue weighted by molar-refractivity contribution is 6.28. The van der Waals surface area contributed by atoms with E-state index in [4.69, 9.17) is 16.3 Å². The van der Waals surface area contributed by atoms with E-state index in [1.807, 2.05) is 20.8 Å². The second-order valence-corrected chi connectivity index (χ2v) is 3.13. The minimum Gasteiger partial charge on any atom is -0.475 e. The number of hydrogen-bond acceptors (Lipinski definition) is 3. The van der Waals surface area contributed by atoms with Crippen molar-refractivity contribution in [2.45, 2.75) is 26.9 Å². The Morgan fingerprint density at radius 3 is 2.75 bits per heavy atom. The van der Waals surface area contributed by atoms with E-state index in [1.165, 1.54) is 0 Å². The average molecular weight is 187 g/mol. The molecule has 1 aromatic heterocycles. The van der Waals surface area contributed by atoms with Crippen molar-refractivity contribution in [1.29, 1.82) is 0 Å². The fourth-order valence-corrected chi connectivity index (χ4v) is 0.874. The summed E-state index contributed by atoms with van der Waals surface area (Å²) in [5.74, 6) is 0.560. The lowest BCUT2D eigenvalue weighted by molar-refractivity contribution is 0.230. The third kappa shape index (κ3) is 2.34.